The van der Waals surface area contributed by atoms with Crippen LogP contribution in [0.5, 0.6) is 0 Å². The molecule has 0 aliphatic rings. The summed E-state index contributed by atoms with van der Waals surface area (Å²) in [5, 5.41) is 8.81. The van der Waals surface area contributed by atoms with E-state index in [1.807, 2.05) is 18.2 Å². The zero-order valence-electron chi connectivity index (χ0n) is 8.34. The van der Waals surface area contributed by atoms with Crippen molar-refractivity contribution in [3.05, 3.63) is 41.7 Å². The lowest BCUT2D eigenvalue weighted by Gasteiger charge is -2.04. The second kappa shape index (κ2) is 5.82. The molecule has 1 N–H and O–H groups in total. The minimum Gasteiger partial charge on any atom is -0.475 e. The molecule has 0 saturated carbocycles. The average molecular weight is 208 g/mol. The van der Waals surface area contributed by atoms with Crippen molar-refractivity contribution in [2.45, 2.75) is 0 Å². The number of hydrogen-bond donors (Lipinski definition) is 1. The highest BCUT2D eigenvalue weighted by atomic mass is 16.7. The number of rotatable bonds is 5. The third-order valence-electron chi connectivity index (χ3n) is 1.64. The Hall–Kier alpha value is -1.81. The summed E-state index contributed by atoms with van der Waals surface area (Å²) in [6, 6.07) is 9.08. The highest BCUT2D eigenvalue weighted by Gasteiger charge is 2.07. The molecule has 0 fully saturated rings. The fraction of sp³-hybridized carbons (Fsp3) is 0.182. The van der Waals surface area contributed by atoms with E-state index in [0.29, 0.717) is 0 Å². The van der Waals surface area contributed by atoms with E-state index >= 15 is 0 Å². The Bertz CT molecular complexity index is 343. The monoisotopic (exact) mass is 208 g/mol. The normalized spacial score (nSPS) is 11.1. The molecule has 0 amide bonds. The zero-order chi connectivity index (χ0) is 11.1. The van der Waals surface area contributed by atoms with Crippen molar-refractivity contribution in [1.82, 2.24) is 0 Å². The van der Waals surface area contributed by atoms with E-state index in [1.54, 1.807) is 12.1 Å². The Labute approximate surface area is 87.7 Å². The van der Waals surface area contributed by atoms with Crippen molar-refractivity contribution in [2.24, 2.45) is 0 Å². The zero-order valence-corrected chi connectivity index (χ0v) is 8.34. The van der Waals surface area contributed by atoms with Gasteiger partial charge in [0.25, 0.3) is 0 Å². The molecule has 0 atom stereocenters. The summed E-state index contributed by atoms with van der Waals surface area (Å²) in [5.41, 5.74) is 0.769. The SMILES string of the molecule is COCOC(=Cc1ccccc1)C(=O)O. The summed E-state index contributed by atoms with van der Waals surface area (Å²) in [6.07, 6.45) is 1.45. The smallest absolute Gasteiger partial charge is 0.371 e. The molecule has 0 radical (unpaired) electrons. The number of carbonyl (C=O) groups is 1. The van der Waals surface area contributed by atoms with E-state index < -0.39 is 5.97 Å². The van der Waals surface area contributed by atoms with Gasteiger partial charge in [-0.25, -0.2) is 4.79 Å². The quantitative estimate of drug-likeness (QED) is 0.455. The summed E-state index contributed by atoms with van der Waals surface area (Å²) in [7, 11) is 1.43. The fourth-order valence-electron chi connectivity index (χ4n) is 0.988. The molecule has 80 valence electrons. The Kier molecular flexibility index (Phi) is 4.37. The van der Waals surface area contributed by atoms with Gasteiger partial charge in [0.2, 0.25) is 5.76 Å². The van der Waals surface area contributed by atoms with Gasteiger partial charge in [-0.15, -0.1) is 0 Å². The molecule has 15 heavy (non-hydrogen) atoms. The molecule has 0 aliphatic carbocycles. The van der Waals surface area contributed by atoms with Crippen LogP contribution in [0.15, 0.2) is 36.1 Å². The summed E-state index contributed by atoms with van der Waals surface area (Å²) < 4.78 is 9.53. The summed E-state index contributed by atoms with van der Waals surface area (Å²) >= 11 is 0. The van der Waals surface area contributed by atoms with Gasteiger partial charge in [-0.1, -0.05) is 30.3 Å². The molecule has 4 heteroatoms. The minimum atomic E-state index is -1.11. The van der Waals surface area contributed by atoms with Crippen molar-refractivity contribution in [3.63, 3.8) is 0 Å². The first-order valence-electron chi connectivity index (χ1n) is 4.36. The molecule has 0 aliphatic heterocycles. The number of methoxy groups -OCH3 is 1. The van der Waals surface area contributed by atoms with Crippen molar-refractivity contribution in [2.75, 3.05) is 13.9 Å². The second-order valence-electron chi connectivity index (χ2n) is 2.78. The Morgan fingerprint density at radius 1 is 1.40 bits per heavy atom. The van der Waals surface area contributed by atoms with Gasteiger partial charge >= 0.3 is 5.97 Å². The van der Waals surface area contributed by atoms with Crippen LogP contribution in [0.2, 0.25) is 0 Å². The van der Waals surface area contributed by atoms with Crippen molar-refractivity contribution in [3.8, 4) is 0 Å². The third-order valence-corrected chi connectivity index (χ3v) is 1.64. The number of benzene rings is 1. The standard InChI is InChI=1S/C11H12O4/c1-14-8-15-10(11(12)13)7-9-5-3-2-4-6-9/h2-7H,8H2,1H3,(H,12,13). The first-order valence-corrected chi connectivity index (χ1v) is 4.36. The maximum atomic E-state index is 10.8. The Morgan fingerprint density at radius 2 is 2.07 bits per heavy atom. The topological polar surface area (TPSA) is 55.8 Å². The molecule has 0 aromatic heterocycles. The van der Waals surface area contributed by atoms with Gasteiger partial charge in [-0.05, 0) is 11.6 Å². The second-order valence-corrected chi connectivity index (χ2v) is 2.78. The van der Waals surface area contributed by atoms with Crippen LogP contribution in [0.3, 0.4) is 0 Å². The van der Waals surface area contributed by atoms with Crippen LogP contribution in [0.25, 0.3) is 6.08 Å². The molecule has 4 nitrogen and oxygen atoms in total. The average Bonchev–Trinajstić information content (AvgIpc) is 2.25. The summed E-state index contributed by atoms with van der Waals surface area (Å²) in [6.45, 7) is -0.0784. The molecule has 0 bridgehead atoms. The lowest BCUT2D eigenvalue weighted by atomic mass is 10.2. The predicted molar refractivity (Wildman–Crippen MR) is 55.0 cm³/mol. The molecule has 0 saturated heterocycles. The van der Waals surface area contributed by atoms with Crippen LogP contribution in [0.1, 0.15) is 5.56 Å². The van der Waals surface area contributed by atoms with Gasteiger partial charge in [0.1, 0.15) is 0 Å². The maximum Gasteiger partial charge on any atom is 0.371 e. The summed E-state index contributed by atoms with van der Waals surface area (Å²) in [4.78, 5) is 10.8. The molecule has 1 aromatic rings. The number of hydrogen-bond acceptors (Lipinski definition) is 3. The first kappa shape index (κ1) is 11.3. The minimum absolute atomic E-state index is 0.0784. The first-order chi connectivity index (χ1) is 7.24. The highest BCUT2D eigenvalue weighted by molar-refractivity contribution is 5.89. The van der Waals surface area contributed by atoms with Crippen molar-refractivity contribution in [1.29, 1.82) is 0 Å². The van der Waals surface area contributed by atoms with Gasteiger partial charge < -0.3 is 14.6 Å². The fourth-order valence-corrected chi connectivity index (χ4v) is 0.988. The summed E-state index contributed by atoms with van der Waals surface area (Å²) in [5.74, 6) is -1.25. The lowest BCUT2D eigenvalue weighted by molar-refractivity contribution is -0.138. The number of aliphatic carboxylic acids is 1. The van der Waals surface area contributed by atoms with Crippen LogP contribution in [0.4, 0.5) is 0 Å². The van der Waals surface area contributed by atoms with E-state index in [0.717, 1.165) is 5.56 Å². The molecule has 0 heterocycles. The van der Waals surface area contributed by atoms with E-state index in [4.69, 9.17) is 9.84 Å². The van der Waals surface area contributed by atoms with Crippen molar-refractivity contribution < 1.29 is 19.4 Å². The molecule has 0 spiro atoms. The third kappa shape index (κ3) is 3.83. The van der Waals surface area contributed by atoms with Gasteiger partial charge in [0.05, 0.1) is 0 Å². The van der Waals surface area contributed by atoms with Crippen molar-refractivity contribution >= 4 is 12.0 Å². The van der Waals surface area contributed by atoms with E-state index in [1.165, 1.54) is 13.2 Å². The van der Waals surface area contributed by atoms with Crippen LogP contribution >= 0.6 is 0 Å². The molecule has 1 aromatic carbocycles. The van der Waals surface area contributed by atoms with Gasteiger partial charge in [0.15, 0.2) is 6.79 Å². The molecular weight excluding hydrogens is 196 g/mol. The largest absolute Gasteiger partial charge is 0.475 e. The van der Waals surface area contributed by atoms with E-state index in [2.05, 4.69) is 4.74 Å². The predicted octanol–water partition coefficient (Wildman–Crippen LogP) is 1.73. The number of carboxylic acid groups (broad SMARTS) is 1. The number of carboxylic acids is 1. The van der Waals surface area contributed by atoms with Gasteiger partial charge in [-0.3, -0.25) is 0 Å². The Morgan fingerprint density at radius 3 is 2.60 bits per heavy atom. The van der Waals surface area contributed by atoms with Crippen LogP contribution in [-0.2, 0) is 14.3 Å². The number of ether oxygens (including phenoxy) is 2. The van der Waals surface area contributed by atoms with Crippen LogP contribution in [-0.4, -0.2) is 25.0 Å². The van der Waals surface area contributed by atoms with E-state index in [9.17, 15) is 4.79 Å². The van der Waals surface area contributed by atoms with E-state index in [-0.39, 0.29) is 12.6 Å². The Balaban J connectivity index is 2.79. The molecular formula is C11H12O4. The lowest BCUT2D eigenvalue weighted by Crippen LogP contribution is -2.06. The van der Waals surface area contributed by atoms with Gasteiger partial charge in [0, 0.05) is 7.11 Å². The van der Waals surface area contributed by atoms with Crippen LogP contribution in [0, 0.1) is 0 Å². The molecule has 1 rings (SSSR count). The van der Waals surface area contributed by atoms with Gasteiger partial charge in [-0.2, -0.15) is 0 Å². The van der Waals surface area contributed by atoms with Crippen LogP contribution < -0.4 is 0 Å². The maximum absolute atomic E-state index is 10.8. The molecule has 0 unspecified atom stereocenters. The highest BCUT2D eigenvalue weighted by Crippen LogP contribution is 2.07.